The molecule has 0 aliphatic rings. The molecule has 0 aliphatic carbocycles. The van der Waals surface area contributed by atoms with Gasteiger partial charge in [-0.25, -0.2) is 0 Å². The molecule has 1 aromatic heterocycles. The molecule has 26 heavy (non-hydrogen) atoms. The molecule has 0 spiro atoms. The van der Waals surface area contributed by atoms with E-state index < -0.39 is 0 Å². The van der Waals surface area contributed by atoms with Crippen LogP contribution in [0.1, 0.15) is 30.1 Å². The van der Waals surface area contributed by atoms with Crippen molar-refractivity contribution in [1.82, 2.24) is 10.2 Å². The monoisotopic (exact) mass is 366 g/mol. The first-order chi connectivity index (χ1) is 12.7. The highest BCUT2D eigenvalue weighted by Crippen LogP contribution is 2.26. The number of para-hydroxylation sites is 1. The zero-order valence-corrected chi connectivity index (χ0v) is 15.0. The minimum absolute atomic E-state index is 0.116. The topological polar surface area (TPSA) is 84.0 Å². The fourth-order valence-corrected chi connectivity index (χ4v) is 3.11. The minimum Gasteiger partial charge on any atom is -0.325 e. The molecule has 132 valence electrons. The van der Waals surface area contributed by atoms with Gasteiger partial charge in [-0.3, -0.25) is 14.9 Å². The van der Waals surface area contributed by atoms with Crippen LogP contribution in [0, 0.1) is 0 Å². The predicted molar refractivity (Wildman–Crippen MR) is 103 cm³/mol. The van der Waals surface area contributed by atoms with Crippen molar-refractivity contribution in [3.8, 4) is 10.6 Å². The maximum atomic E-state index is 12.6. The first kappa shape index (κ1) is 17.8. The highest BCUT2D eigenvalue weighted by atomic mass is 32.1. The fraction of sp³-hybridized carbons (Fsp3) is 0.158. The summed E-state index contributed by atoms with van der Waals surface area (Å²) in [5.41, 5.74) is 1.81. The maximum Gasteiger partial charge on any atom is 0.259 e. The summed E-state index contributed by atoms with van der Waals surface area (Å²) in [6, 6.07) is 16.5. The van der Waals surface area contributed by atoms with Gasteiger partial charge >= 0.3 is 0 Å². The van der Waals surface area contributed by atoms with Crippen molar-refractivity contribution < 1.29 is 9.59 Å². The summed E-state index contributed by atoms with van der Waals surface area (Å²) >= 11 is 1.30. The van der Waals surface area contributed by atoms with Crippen LogP contribution in [0.4, 0.5) is 10.8 Å². The largest absolute Gasteiger partial charge is 0.325 e. The Labute approximate surface area is 155 Å². The Morgan fingerprint density at radius 2 is 1.69 bits per heavy atom. The Balaban J connectivity index is 1.75. The quantitative estimate of drug-likeness (QED) is 0.685. The lowest BCUT2D eigenvalue weighted by Gasteiger charge is -2.09. The lowest BCUT2D eigenvalue weighted by Crippen LogP contribution is -2.17. The van der Waals surface area contributed by atoms with Gasteiger partial charge in [-0.15, -0.1) is 10.2 Å². The number of aromatic nitrogens is 2. The maximum absolute atomic E-state index is 12.6. The third-order valence-corrected chi connectivity index (χ3v) is 4.48. The molecule has 2 N–H and O–H groups in total. The summed E-state index contributed by atoms with van der Waals surface area (Å²) in [7, 11) is 0. The van der Waals surface area contributed by atoms with Crippen molar-refractivity contribution in [1.29, 1.82) is 0 Å². The van der Waals surface area contributed by atoms with Crippen LogP contribution in [0.2, 0.25) is 0 Å². The van der Waals surface area contributed by atoms with Crippen molar-refractivity contribution in [3.63, 3.8) is 0 Å². The second-order valence-electron chi connectivity index (χ2n) is 5.58. The molecule has 3 aromatic rings. The number of carbonyl (C=O) groups excluding carboxylic acids is 2. The Morgan fingerprint density at radius 3 is 2.46 bits per heavy atom. The Kier molecular flexibility index (Phi) is 5.70. The molecule has 1 heterocycles. The van der Waals surface area contributed by atoms with E-state index in [1.807, 2.05) is 37.3 Å². The molecule has 3 rings (SSSR count). The van der Waals surface area contributed by atoms with E-state index in [1.54, 1.807) is 24.3 Å². The number of carbonyl (C=O) groups is 2. The van der Waals surface area contributed by atoms with Gasteiger partial charge in [-0.05, 0) is 18.6 Å². The highest BCUT2D eigenvalue weighted by molar-refractivity contribution is 7.18. The third kappa shape index (κ3) is 4.31. The summed E-state index contributed by atoms with van der Waals surface area (Å²) in [5.74, 6) is -0.455. The summed E-state index contributed by atoms with van der Waals surface area (Å²) in [6.45, 7) is 1.93. The molecule has 0 saturated carbocycles. The molecule has 2 aromatic carbocycles. The lowest BCUT2D eigenvalue weighted by atomic mass is 10.1. The zero-order valence-electron chi connectivity index (χ0n) is 14.2. The number of rotatable bonds is 6. The van der Waals surface area contributed by atoms with Gasteiger partial charge in [-0.1, -0.05) is 60.7 Å². The van der Waals surface area contributed by atoms with Gasteiger partial charge in [0.05, 0.1) is 11.3 Å². The SMILES string of the molecule is CCCC(=O)Nc1ccccc1C(=O)Nc1nnc(-c2ccccc2)s1. The van der Waals surface area contributed by atoms with E-state index in [0.717, 1.165) is 17.0 Å². The molecule has 0 atom stereocenters. The zero-order chi connectivity index (χ0) is 18.4. The molecule has 0 radical (unpaired) electrons. The van der Waals surface area contributed by atoms with Crippen molar-refractivity contribution in [3.05, 3.63) is 60.2 Å². The standard InChI is InChI=1S/C19H18N4O2S/c1-2-8-16(24)20-15-12-7-6-11-14(15)17(25)21-19-23-22-18(26-19)13-9-4-3-5-10-13/h3-7,9-12H,2,8H2,1H3,(H,20,24)(H,21,23,25). The van der Waals surface area contributed by atoms with E-state index in [2.05, 4.69) is 20.8 Å². The van der Waals surface area contributed by atoms with Crippen molar-refractivity contribution in [2.45, 2.75) is 19.8 Å². The van der Waals surface area contributed by atoms with E-state index in [0.29, 0.717) is 22.8 Å². The molecule has 0 fully saturated rings. The van der Waals surface area contributed by atoms with Gasteiger partial charge in [0.15, 0.2) is 0 Å². The van der Waals surface area contributed by atoms with E-state index in [-0.39, 0.29) is 11.8 Å². The first-order valence-electron chi connectivity index (χ1n) is 8.26. The summed E-state index contributed by atoms with van der Waals surface area (Å²) in [4.78, 5) is 24.4. The summed E-state index contributed by atoms with van der Waals surface area (Å²) in [5, 5.41) is 14.8. The van der Waals surface area contributed by atoms with Gasteiger partial charge in [0.1, 0.15) is 5.01 Å². The molecule has 0 bridgehead atoms. The van der Waals surface area contributed by atoms with Crippen LogP contribution in [-0.2, 0) is 4.79 Å². The Bertz CT molecular complexity index is 909. The molecule has 2 amide bonds. The van der Waals surface area contributed by atoms with Gasteiger partial charge < -0.3 is 5.32 Å². The number of benzene rings is 2. The van der Waals surface area contributed by atoms with Crippen molar-refractivity contribution >= 4 is 34.0 Å². The molecular weight excluding hydrogens is 348 g/mol. The summed E-state index contributed by atoms with van der Waals surface area (Å²) < 4.78 is 0. The Morgan fingerprint density at radius 1 is 0.962 bits per heavy atom. The van der Waals surface area contributed by atoms with Crippen molar-refractivity contribution in [2.24, 2.45) is 0 Å². The van der Waals surface area contributed by atoms with E-state index in [1.165, 1.54) is 11.3 Å². The fourth-order valence-electron chi connectivity index (χ4n) is 2.37. The second-order valence-corrected chi connectivity index (χ2v) is 6.55. The number of nitrogens with zero attached hydrogens (tertiary/aromatic N) is 2. The van der Waals surface area contributed by atoms with Gasteiger partial charge in [0.2, 0.25) is 11.0 Å². The smallest absolute Gasteiger partial charge is 0.259 e. The molecule has 0 unspecified atom stereocenters. The molecule has 7 heteroatoms. The normalized spacial score (nSPS) is 10.3. The molecule has 6 nitrogen and oxygen atoms in total. The molecular formula is C19H18N4O2S. The van der Waals surface area contributed by atoms with Gasteiger partial charge in [0.25, 0.3) is 5.91 Å². The average Bonchev–Trinajstić information content (AvgIpc) is 3.11. The van der Waals surface area contributed by atoms with Crippen LogP contribution in [0.5, 0.6) is 0 Å². The number of hydrogen-bond acceptors (Lipinski definition) is 5. The van der Waals surface area contributed by atoms with Crippen LogP contribution < -0.4 is 10.6 Å². The van der Waals surface area contributed by atoms with Crippen LogP contribution in [0.15, 0.2) is 54.6 Å². The highest BCUT2D eigenvalue weighted by Gasteiger charge is 2.15. The molecule has 0 aliphatic heterocycles. The van der Waals surface area contributed by atoms with Crippen LogP contribution in [0.3, 0.4) is 0 Å². The van der Waals surface area contributed by atoms with Crippen LogP contribution in [0.25, 0.3) is 10.6 Å². The van der Waals surface area contributed by atoms with E-state index in [9.17, 15) is 9.59 Å². The van der Waals surface area contributed by atoms with Crippen molar-refractivity contribution in [2.75, 3.05) is 10.6 Å². The number of anilines is 2. The molecule has 0 saturated heterocycles. The third-order valence-electron chi connectivity index (χ3n) is 3.59. The lowest BCUT2D eigenvalue weighted by molar-refractivity contribution is -0.116. The second kappa shape index (κ2) is 8.35. The Hall–Kier alpha value is -3.06. The first-order valence-corrected chi connectivity index (χ1v) is 9.08. The predicted octanol–water partition coefficient (Wildman–Crippen LogP) is 4.20. The van der Waals surface area contributed by atoms with E-state index >= 15 is 0 Å². The number of amides is 2. The number of hydrogen-bond donors (Lipinski definition) is 2. The average molecular weight is 366 g/mol. The van der Waals surface area contributed by atoms with Gasteiger partial charge in [0, 0.05) is 12.0 Å². The van der Waals surface area contributed by atoms with Gasteiger partial charge in [-0.2, -0.15) is 0 Å². The number of nitrogens with one attached hydrogen (secondary N) is 2. The summed E-state index contributed by atoms with van der Waals surface area (Å²) in [6.07, 6.45) is 1.15. The van der Waals surface area contributed by atoms with Crippen LogP contribution >= 0.6 is 11.3 Å². The minimum atomic E-state index is -0.340. The van der Waals surface area contributed by atoms with E-state index in [4.69, 9.17) is 0 Å². The van der Waals surface area contributed by atoms with Crippen LogP contribution in [-0.4, -0.2) is 22.0 Å².